The summed E-state index contributed by atoms with van der Waals surface area (Å²) in [4.78, 5) is 23.3. The van der Waals surface area contributed by atoms with Gasteiger partial charge in [-0.3, -0.25) is 4.79 Å². The number of nitrogens with zero attached hydrogens (tertiary/aromatic N) is 3. The molecule has 0 radical (unpaired) electrons. The molecule has 26 heavy (non-hydrogen) atoms. The molecule has 1 N–H and O–H groups in total. The molecule has 1 amide bonds. The maximum atomic E-state index is 12.9. The molecule has 1 aliphatic rings. The highest BCUT2D eigenvalue weighted by molar-refractivity contribution is 5.95. The molecule has 0 bridgehead atoms. The van der Waals surface area contributed by atoms with Crippen LogP contribution in [0.1, 0.15) is 27.4 Å². The van der Waals surface area contributed by atoms with Crippen molar-refractivity contribution in [2.24, 2.45) is 0 Å². The van der Waals surface area contributed by atoms with Gasteiger partial charge in [0.25, 0.3) is 5.91 Å². The molecule has 0 spiro atoms. The maximum Gasteiger partial charge on any atom is 0.257 e. The van der Waals surface area contributed by atoms with Gasteiger partial charge in [-0.05, 0) is 24.1 Å². The van der Waals surface area contributed by atoms with Crippen molar-refractivity contribution in [3.05, 3.63) is 78.0 Å². The van der Waals surface area contributed by atoms with Gasteiger partial charge in [-0.1, -0.05) is 30.3 Å². The number of rotatable bonds is 4. The van der Waals surface area contributed by atoms with Crippen LogP contribution in [0.15, 0.2) is 65.7 Å². The minimum absolute atomic E-state index is 0.00420. The van der Waals surface area contributed by atoms with E-state index in [1.807, 2.05) is 30.0 Å². The fourth-order valence-electron chi connectivity index (χ4n) is 3.44. The highest BCUT2D eigenvalue weighted by Crippen LogP contribution is 2.30. The van der Waals surface area contributed by atoms with Crippen LogP contribution >= 0.6 is 0 Å². The number of carbonyl (C=O) groups excluding carboxylic acids is 1. The van der Waals surface area contributed by atoms with E-state index in [4.69, 9.17) is 4.42 Å². The molecule has 6 nitrogen and oxygen atoms in total. The Morgan fingerprint density at radius 2 is 1.88 bits per heavy atom. The summed E-state index contributed by atoms with van der Waals surface area (Å²) >= 11 is 0. The third kappa shape index (κ3) is 3.18. The normalized spacial score (nSPS) is 19.5. The van der Waals surface area contributed by atoms with E-state index >= 15 is 0 Å². The molecule has 4 rings (SSSR count). The van der Waals surface area contributed by atoms with Gasteiger partial charge in [0, 0.05) is 31.4 Å². The van der Waals surface area contributed by atoms with Gasteiger partial charge in [0.05, 0.1) is 17.9 Å². The van der Waals surface area contributed by atoms with Gasteiger partial charge in [0.1, 0.15) is 6.26 Å². The van der Waals surface area contributed by atoms with Crippen molar-refractivity contribution in [1.29, 1.82) is 0 Å². The van der Waals surface area contributed by atoms with E-state index in [1.54, 1.807) is 24.7 Å². The van der Waals surface area contributed by atoms with E-state index in [0.717, 1.165) is 5.56 Å². The monoisotopic (exact) mass is 348 g/mol. The Bertz CT molecular complexity index is 879. The number of hydrogen-bond donors (Lipinski definition) is 1. The predicted octanol–water partition coefficient (Wildman–Crippen LogP) is 3.10. The van der Waals surface area contributed by atoms with Gasteiger partial charge in [-0.15, -0.1) is 0 Å². The molecular weight excluding hydrogens is 328 g/mol. The van der Waals surface area contributed by atoms with Crippen LogP contribution in [-0.4, -0.2) is 39.9 Å². The lowest BCUT2D eigenvalue weighted by Crippen LogP contribution is -2.32. The first-order valence-electron chi connectivity index (χ1n) is 8.63. The number of carbonyl (C=O) groups is 1. The van der Waals surface area contributed by atoms with E-state index in [-0.39, 0.29) is 17.9 Å². The average Bonchev–Trinajstić information content (AvgIpc) is 3.29. The molecule has 1 saturated heterocycles. The van der Waals surface area contributed by atoms with Gasteiger partial charge < -0.3 is 14.6 Å². The summed E-state index contributed by atoms with van der Waals surface area (Å²) in [6.07, 6.45) is 6.54. The minimum atomic E-state index is -0.00420. The van der Waals surface area contributed by atoms with Crippen LogP contribution in [0.2, 0.25) is 0 Å². The van der Waals surface area contributed by atoms with Crippen molar-refractivity contribution >= 4 is 11.9 Å². The summed E-state index contributed by atoms with van der Waals surface area (Å²) in [5, 5.41) is 3.39. The van der Waals surface area contributed by atoms with E-state index < -0.39 is 0 Å². The van der Waals surface area contributed by atoms with Crippen molar-refractivity contribution in [2.45, 2.75) is 18.9 Å². The highest BCUT2D eigenvalue weighted by Gasteiger charge is 2.37. The Kier molecular flexibility index (Phi) is 4.39. The third-order valence-electron chi connectivity index (χ3n) is 4.80. The fraction of sp³-hybridized carbons (Fsp3) is 0.250. The maximum absolute atomic E-state index is 12.9. The number of nitrogens with one attached hydrogen (secondary N) is 1. The molecule has 0 aliphatic carbocycles. The SMILES string of the molecule is Cc1cocc1C(=O)N1C[C@@H](Nc2ncccn2)[C@H](c2ccccc2)C1. The van der Waals surface area contributed by atoms with Gasteiger partial charge in [0.2, 0.25) is 5.95 Å². The smallest absolute Gasteiger partial charge is 0.257 e. The molecule has 3 aromatic rings. The predicted molar refractivity (Wildman–Crippen MR) is 98.0 cm³/mol. The molecule has 2 atom stereocenters. The lowest BCUT2D eigenvalue weighted by Gasteiger charge is -2.19. The lowest BCUT2D eigenvalue weighted by atomic mass is 9.94. The number of likely N-dealkylation sites (tertiary alicyclic amines) is 1. The summed E-state index contributed by atoms with van der Waals surface area (Å²) in [7, 11) is 0. The number of amides is 1. The first-order valence-corrected chi connectivity index (χ1v) is 8.63. The van der Waals surface area contributed by atoms with Crippen molar-refractivity contribution in [2.75, 3.05) is 18.4 Å². The van der Waals surface area contributed by atoms with Crippen LogP contribution < -0.4 is 5.32 Å². The van der Waals surface area contributed by atoms with E-state index in [9.17, 15) is 4.79 Å². The standard InChI is InChI=1S/C20H20N4O2/c1-14-12-26-13-17(14)19(25)24-10-16(15-6-3-2-4-7-15)18(11-24)23-20-21-8-5-9-22-20/h2-9,12-13,16,18H,10-11H2,1H3,(H,21,22,23)/t16-,18+/m0/s1. The number of aromatic nitrogens is 2. The molecular formula is C20H20N4O2. The molecule has 0 unspecified atom stereocenters. The number of benzene rings is 1. The van der Waals surface area contributed by atoms with Crippen molar-refractivity contribution in [1.82, 2.24) is 14.9 Å². The van der Waals surface area contributed by atoms with Crippen LogP contribution in [0.5, 0.6) is 0 Å². The molecule has 3 heterocycles. The number of aryl methyl sites for hydroxylation is 1. The summed E-state index contributed by atoms with van der Waals surface area (Å²) < 4.78 is 5.18. The average molecular weight is 348 g/mol. The minimum Gasteiger partial charge on any atom is -0.471 e. The van der Waals surface area contributed by atoms with Crippen molar-refractivity contribution in [3.8, 4) is 0 Å². The zero-order chi connectivity index (χ0) is 17.9. The van der Waals surface area contributed by atoms with Crippen LogP contribution in [0.4, 0.5) is 5.95 Å². The van der Waals surface area contributed by atoms with Crippen LogP contribution in [0.3, 0.4) is 0 Å². The Morgan fingerprint density at radius 3 is 2.58 bits per heavy atom. The Labute approximate surface area is 151 Å². The zero-order valence-electron chi connectivity index (χ0n) is 14.5. The first-order chi connectivity index (χ1) is 12.7. The van der Waals surface area contributed by atoms with Gasteiger partial charge in [-0.25, -0.2) is 9.97 Å². The Hall–Kier alpha value is -3.15. The first kappa shape index (κ1) is 16.3. The summed E-state index contributed by atoms with van der Waals surface area (Å²) in [6, 6.07) is 12.1. The Balaban J connectivity index is 1.60. The molecule has 2 aromatic heterocycles. The second kappa shape index (κ2) is 7.00. The second-order valence-electron chi connectivity index (χ2n) is 6.52. The number of furan rings is 1. The van der Waals surface area contributed by atoms with Crippen molar-refractivity contribution in [3.63, 3.8) is 0 Å². The van der Waals surface area contributed by atoms with Gasteiger partial charge >= 0.3 is 0 Å². The van der Waals surface area contributed by atoms with Crippen LogP contribution in [-0.2, 0) is 0 Å². The van der Waals surface area contributed by atoms with E-state index in [2.05, 4.69) is 27.4 Å². The van der Waals surface area contributed by atoms with Gasteiger partial charge in [-0.2, -0.15) is 0 Å². The van der Waals surface area contributed by atoms with E-state index in [1.165, 1.54) is 11.8 Å². The second-order valence-corrected chi connectivity index (χ2v) is 6.52. The lowest BCUT2D eigenvalue weighted by molar-refractivity contribution is 0.0788. The molecule has 0 saturated carbocycles. The summed E-state index contributed by atoms with van der Waals surface area (Å²) in [5.41, 5.74) is 2.67. The zero-order valence-corrected chi connectivity index (χ0v) is 14.5. The molecule has 6 heteroatoms. The van der Waals surface area contributed by atoms with E-state index in [0.29, 0.717) is 24.6 Å². The number of anilines is 1. The van der Waals surface area contributed by atoms with Crippen molar-refractivity contribution < 1.29 is 9.21 Å². The van der Waals surface area contributed by atoms with Gasteiger partial charge in [0.15, 0.2) is 0 Å². The fourth-order valence-corrected chi connectivity index (χ4v) is 3.44. The quantitative estimate of drug-likeness (QED) is 0.784. The molecule has 132 valence electrons. The summed E-state index contributed by atoms with van der Waals surface area (Å²) in [5.74, 6) is 0.735. The topological polar surface area (TPSA) is 71.3 Å². The van der Waals surface area contributed by atoms with Crippen LogP contribution in [0.25, 0.3) is 0 Å². The van der Waals surface area contributed by atoms with Crippen LogP contribution in [0, 0.1) is 6.92 Å². The largest absolute Gasteiger partial charge is 0.471 e. The summed E-state index contributed by atoms with van der Waals surface area (Å²) in [6.45, 7) is 3.11. The highest BCUT2D eigenvalue weighted by atomic mass is 16.3. The Morgan fingerprint density at radius 1 is 1.12 bits per heavy atom. The molecule has 1 aromatic carbocycles. The number of hydrogen-bond acceptors (Lipinski definition) is 5. The molecule has 1 aliphatic heterocycles. The molecule has 1 fully saturated rings. The third-order valence-corrected chi connectivity index (χ3v) is 4.80.